The van der Waals surface area contributed by atoms with Gasteiger partial charge in [0.15, 0.2) is 5.96 Å². The molecule has 1 atom stereocenters. The van der Waals surface area contributed by atoms with Gasteiger partial charge in [0.25, 0.3) is 0 Å². The van der Waals surface area contributed by atoms with Gasteiger partial charge in [-0.15, -0.1) is 0 Å². The van der Waals surface area contributed by atoms with E-state index < -0.39 is 10.0 Å². The molecule has 8 heteroatoms. The maximum absolute atomic E-state index is 12.1. The van der Waals surface area contributed by atoms with Crippen molar-refractivity contribution in [2.45, 2.75) is 31.9 Å². The first-order valence-corrected chi connectivity index (χ1v) is 10.7. The van der Waals surface area contributed by atoms with Gasteiger partial charge in [0.05, 0.1) is 11.9 Å². The van der Waals surface area contributed by atoms with E-state index in [2.05, 4.69) is 15.0 Å². The zero-order valence-electron chi connectivity index (χ0n) is 15.6. The van der Waals surface area contributed by atoms with Crippen LogP contribution in [-0.2, 0) is 21.3 Å². The van der Waals surface area contributed by atoms with Crippen LogP contribution in [0.5, 0.6) is 0 Å². The number of guanidine groups is 1. The van der Waals surface area contributed by atoms with E-state index in [1.54, 1.807) is 7.05 Å². The van der Waals surface area contributed by atoms with Gasteiger partial charge in [-0.25, -0.2) is 13.1 Å². The highest BCUT2D eigenvalue weighted by Gasteiger charge is 2.18. The van der Waals surface area contributed by atoms with Gasteiger partial charge in [-0.1, -0.05) is 30.3 Å². The first-order valence-electron chi connectivity index (χ1n) is 9.05. The van der Waals surface area contributed by atoms with Crippen LogP contribution in [0.2, 0.25) is 0 Å². The summed E-state index contributed by atoms with van der Waals surface area (Å²) >= 11 is 0. The molecule has 0 bridgehead atoms. The van der Waals surface area contributed by atoms with Crippen LogP contribution in [0.15, 0.2) is 35.3 Å². The number of nitrogens with zero attached hydrogens (tertiary/aromatic N) is 2. The van der Waals surface area contributed by atoms with Crippen LogP contribution in [0.25, 0.3) is 0 Å². The molecule has 1 aromatic carbocycles. The Bertz CT molecular complexity index is 658. The largest absolute Gasteiger partial charge is 0.377 e. The molecular weight excluding hydrogens is 352 g/mol. The highest BCUT2D eigenvalue weighted by molar-refractivity contribution is 7.89. The summed E-state index contributed by atoms with van der Waals surface area (Å²) in [5.41, 5.74) is 1.17. The molecule has 1 fully saturated rings. The Morgan fingerprint density at radius 3 is 2.73 bits per heavy atom. The number of hydrogen-bond donors (Lipinski definition) is 2. The molecule has 0 saturated carbocycles. The second-order valence-electron chi connectivity index (χ2n) is 6.47. The molecule has 1 unspecified atom stereocenters. The highest BCUT2D eigenvalue weighted by atomic mass is 32.2. The average molecular weight is 383 g/mol. The zero-order valence-corrected chi connectivity index (χ0v) is 16.5. The van der Waals surface area contributed by atoms with Crippen molar-refractivity contribution in [3.8, 4) is 0 Å². The lowest BCUT2D eigenvalue weighted by atomic mass is 10.1. The van der Waals surface area contributed by atoms with Crippen molar-refractivity contribution in [2.24, 2.45) is 4.99 Å². The second-order valence-corrected chi connectivity index (χ2v) is 8.40. The second kappa shape index (κ2) is 10.5. The molecule has 2 N–H and O–H groups in total. The normalized spacial score (nSPS) is 18.5. The van der Waals surface area contributed by atoms with Crippen LogP contribution < -0.4 is 10.0 Å². The Kier molecular flexibility index (Phi) is 8.34. The molecule has 2 rings (SSSR count). The maximum atomic E-state index is 12.1. The fourth-order valence-corrected chi connectivity index (χ4v) is 3.83. The lowest BCUT2D eigenvalue weighted by Gasteiger charge is -2.23. The number of sulfonamides is 1. The predicted octanol–water partition coefficient (Wildman–Crippen LogP) is 1.18. The van der Waals surface area contributed by atoms with Crippen LogP contribution >= 0.6 is 0 Å². The van der Waals surface area contributed by atoms with Crippen molar-refractivity contribution in [1.29, 1.82) is 0 Å². The van der Waals surface area contributed by atoms with Gasteiger partial charge in [-0.05, 0) is 24.8 Å². The zero-order chi connectivity index (χ0) is 18.8. The van der Waals surface area contributed by atoms with Gasteiger partial charge in [0.2, 0.25) is 10.0 Å². The number of hydrogen-bond acceptors (Lipinski definition) is 4. The Hall–Kier alpha value is -1.64. The summed E-state index contributed by atoms with van der Waals surface area (Å²) in [5, 5.41) is 3.11. The van der Waals surface area contributed by atoms with Crippen molar-refractivity contribution in [3.63, 3.8) is 0 Å². The monoisotopic (exact) mass is 382 g/mol. The van der Waals surface area contributed by atoms with Gasteiger partial charge >= 0.3 is 0 Å². The topological polar surface area (TPSA) is 83.0 Å². The summed E-state index contributed by atoms with van der Waals surface area (Å²) in [6, 6.07) is 10.1. The van der Waals surface area contributed by atoms with E-state index in [0.29, 0.717) is 25.6 Å². The summed E-state index contributed by atoms with van der Waals surface area (Å²) in [5.74, 6) is 0.664. The van der Waals surface area contributed by atoms with E-state index in [0.717, 1.165) is 25.9 Å². The van der Waals surface area contributed by atoms with Crippen LogP contribution in [0.1, 0.15) is 24.8 Å². The summed E-state index contributed by atoms with van der Waals surface area (Å²) in [6.07, 6.45) is 3.06. The maximum Gasteiger partial charge on any atom is 0.213 e. The molecule has 146 valence electrons. The van der Waals surface area contributed by atoms with Gasteiger partial charge < -0.3 is 15.0 Å². The molecule has 0 aromatic heterocycles. The molecule has 1 saturated heterocycles. The van der Waals surface area contributed by atoms with Crippen LogP contribution in [-0.4, -0.2) is 64.9 Å². The van der Waals surface area contributed by atoms with E-state index >= 15 is 0 Å². The van der Waals surface area contributed by atoms with Crippen molar-refractivity contribution in [2.75, 3.05) is 39.5 Å². The van der Waals surface area contributed by atoms with Crippen molar-refractivity contribution < 1.29 is 13.2 Å². The number of aliphatic imine (C=N–C) groups is 1. The Morgan fingerprint density at radius 1 is 1.31 bits per heavy atom. The molecule has 0 amide bonds. The van der Waals surface area contributed by atoms with E-state index in [-0.39, 0.29) is 11.9 Å². The highest BCUT2D eigenvalue weighted by Crippen LogP contribution is 2.11. The molecule has 26 heavy (non-hydrogen) atoms. The number of benzene rings is 1. The molecule has 0 spiro atoms. The van der Waals surface area contributed by atoms with E-state index in [9.17, 15) is 8.42 Å². The van der Waals surface area contributed by atoms with Gasteiger partial charge in [0.1, 0.15) is 0 Å². The van der Waals surface area contributed by atoms with Crippen LogP contribution in [0.4, 0.5) is 0 Å². The standard InChI is InChI=1S/C18H30N4O3S/c1-19-18(22(2)15-16-8-4-3-5-9-16)20-11-13-26(23,24)21-14-17-10-6-7-12-25-17/h3-5,8-9,17,21H,6-7,10-15H2,1-2H3,(H,19,20). The van der Waals surface area contributed by atoms with Gasteiger partial charge in [-0.3, -0.25) is 4.99 Å². The fourth-order valence-electron chi connectivity index (χ4n) is 2.87. The summed E-state index contributed by atoms with van der Waals surface area (Å²) in [4.78, 5) is 6.18. The van der Waals surface area contributed by atoms with E-state index in [4.69, 9.17) is 4.74 Å². The number of ether oxygens (including phenoxy) is 1. The third kappa shape index (κ3) is 7.31. The molecule has 7 nitrogen and oxygen atoms in total. The summed E-state index contributed by atoms with van der Waals surface area (Å²) in [6.45, 7) is 2.07. The van der Waals surface area contributed by atoms with E-state index in [1.165, 1.54) is 5.56 Å². The van der Waals surface area contributed by atoms with Crippen molar-refractivity contribution in [1.82, 2.24) is 14.9 Å². The first-order chi connectivity index (χ1) is 12.5. The van der Waals surface area contributed by atoms with Gasteiger partial charge in [-0.2, -0.15) is 0 Å². The summed E-state index contributed by atoms with van der Waals surface area (Å²) in [7, 11) is 0.282. The third-order valence-corrected chi connectivity index (χ3v) is 5.64. The summed E-state index contributed by atoms with van der Waals surface area (Å²) < 4.78 is 32.5. The molecular formula is C18H30N4O3S. The average Bonchev–Trinajstić information content (AvgIpc) is 2.65. The van der Waals surface area contributed by atoms with Crippen LogP contribution in [0.3, 0.4) is 0 Å². The minimum Gasteiger partial charge on any atom is -0.377 e. The van der Waals surface area contributed by atoms with Crippen molar-refractivity contribution in [3.05, 3.63) is 35.9 Å². The van der Waals surface area contributed by atoms with Gasteiger partial charge in [0, 0.05) is 40.3 Å². The van der Waals surface area contributed by atoms with E-state index in [1.807, 2.05) is 42.3 Å². The molecule has 1 aliphatic rings. The minimum atomic E-state index is -3.34. The Labute approximate surface area is 156 Å². The Morgan fingerprint density at radius 2 is 2.08 bits per heavy atom. The number of rotatable bonds is 8. The van der Waals surface area contributed by atoms with Crippen molar-refractivity contribution >= 4 is 16.0 Å². The molecule has 0 radical (unpaired) electrons. The molecule has 1 aromatic rings. The quantitative estimate of drug-likeness (QED) is 0.521. The lowest BCUT2D eigenvalue weighted by molar-refractivity contribution is 0.0200. The van der Waals surface area contributed by atoms with Crippen LogP contribution in [0, 0.1) is 0 Å². The minimum absolute atomic E-state index is 0.00207. The molecule has 1 aliphatic heterocycles. The molecule has 1 heterocycles. The predicted molar refractivity (Wildman–Crippen MR) is 105 cm³/mol. The lowest BCUT2D eigenvalue weighted by Crippen LogP contribution is -2.43. The Balaban J connectivity index is 1.73. The fraction of sp³-hybridized carbons (Fsp3) is 0.611. The smallest absolute Gasteiger partial charge is 0.213 e. The SMILES string of the molecule is CN=C(NCCS(=O)(=O)NCC1CCCCO1)N(C)Cc1ccccc1. The third-order valence-electron chi connectivity index (χ3n) is 4.29. The molecule has 0 aliphatic carbocycles. The first kappa shape index (κ1) is 20.7. The number of nitrogens with one attached hydrogen (secondary N) is 2.